The first-order valence-electron chi connectivity index (χ1n) is 9.39. The summed E-state index contributed by atoms with van der Waals surface area (Å²) in [6, 6.07) is 9.68. The SMILES string of the molecule is CCCN1CCc2ccc(S(=O)(=O)Nc3ccc(OC(F)(F)F)cc3)cc2CC1.Cl. The first kappa shape index (κ1) is 24.3. The molecule has 0 saturated heterocycles. The number of ether oxygens (including phenoxy) is 1. The number of fused-ring (bicyclic) bond motifs is 1. The lowest BCUT2D eigenvalue weighted by Gasteiger charge is -2.18. The van der Waals surface area contributed by atoms with Gasteiger partial charge in [-0.25, -0.2) is 8.42 Å². The van der Waals surface area contributed by atoms with Gasteiger partial charge in [0.05, 0.1) is 4.90 Å². The summed E-state index contributed by atoms with van der Waals surface area (Å²) >= 11 is 0. The average molecular weight is 465 g/mol. The molecular weight excluding hydrogens is 441 g/mol. The van der Waals surface area contributed by atoms with Crippen molar-refractivity contribution in [3.63, 3.8) is 0 Å². The Bertz CT molecular complexity index is 951. The molecule has 5 nitrogen and oxygen atoms in total. The smallest absolute Gasteiger partial charge is 0.406 e. The number of hydrogen-bond acceptors (Lipinski definition) is 4. The zero-order valence-corrected chi connectivity index (χ0v) is 18.0. The van der Waals surface area contributed by atoms with Crippen molar-refractivity contribution in [2.24, 2.45) is 0 Å². The summed E-state index contributed by atoms with van der Waals surface area (Å²) < 4.78 is 68.3. The van der Waals surface area contributed by atoms with Gasteiger partial charge >= 0.3 is 6.36 Å². The van der Waals surface area contributed by atoms with E-state index in [4.69, 9.17) is 0 Å². The Morgan fingerprint density at radius 1 is 1.03 bits per heavy atom. The molecule has 0 spiro atoms. The van der Waals surface area contributed by atoms with E-state index in [1.807, 2.05) is 6.07 Å². The van der Waals surface area contributed by atoms with E-state index in [0.29, 0.717) is 0 Å². The topological polar surface area (TPSA) is 58.6 Å². The van der Waals surface area contributed by atoms with Crippen LogP contribution in [-0.2, 0) is 22.9 Å². The van der Waals surface area contributed by atoms with Crippen LogP contribution in [0.15, 0.2) is 47.4 Å². The molecule has 0 amide bonds. The number of alkyl halides is 3. The van der Waals surface area contributed by atoms with Crippen molar-refractivity contribution in [1.82, 2.24) is 4.90 Å². The van der Waals surface area contributed by atoms with Crippen LogP contribution in [-0.4, -0.2) is 39.3 Å². The highest BCUT2D eigenvalue weighted by Crippen LogP contribution is 2.26. The van der Waals surface area contributed by atoms with Gasteiger partial charge in [0.25, 0.3) is 10.0 Å². The monoisotopic (exact) mass is 464 g/mol. The highest BCUT2D eigenvalue weighted by Gasteiger charge is 2.31. The molecule has 1 heterocycles. The second-order valence-corrected chi connectivity index (χ2v) is 8.63. The molecule has 10 heteroatoms. The summed E-state index contributed by atoms with van der Waals surface area (Å²) in [5.74, 6) is -0.415. The van der Waals surface area contributed by atoms with Crippen molar-refractivity contribution in [3.8, 4) is 5.75 Å². The number of sulfonamides is 1. The van der Waals surface area contributed by atoms with Crippen LogP contribution >= 0.6 is 12.4 Å². The van der Waals surface area contributed by atoms with E-state index in [1.165, 1.54) is 12.1 Å². The van der Waals surface area contributed by atoms with Crippen LogP contribution < -0.4 is 9.46 Å². The van der Waals surface area contributed by atoms with Gasteiger partial charge < -0.3 is 9.64 Å². The maximum Gasteiger partial charge on any atom is 0.573 e. The van der Waals surface area contributed by atoms with Gasteiger partial charge in [0.15, 0.2) is 0 Å². The molecule has 0 aromatic heterocycles. The van der Waals surface area contributed by atoms with Crippen molar-refractivity contribution in [3.05, 3.63) is 53.6 Å². The number of rotatable bonds is 6. The van der Waals surface area contributed by atoms with E-state index in [2.05, 4.69) is 21.3 Å². The summed E-state index contributed by atoms with van der Waals surface area (Å²) in [6.45, 7) is 5.00. The highest BCUT2D eigenvalue weighted by molar-refractivity contribution is 7.92. The van der Waals surface area contributed by atoms with Crippen LogP contribution in [0.5, 0.6) is 5.75 Å². The third kappa shape index (κ3) is 6.52. The molecule has 1 N–H and O–H groups in total. The zero-order valence-electron chi connectivity index (χ0n) is 16.4. The molecule has 0 bridgehead atoms. The summed E-state index contributed by atoms with van der Waals surface area (Å²) in [6.07, 6.45) is -2.06. The Balaban J connectivity index is 0.00000320. The van der Waals surface area contributed by atoms with E-state index in [1.54, 1.807) is 12.1 Å². The average Bonchev–Trinajstić information content (AvgIpc) is 2.84. The third-order valence-electron chi connectivity index (χ3n) is 4.76. The maximum atomic E-state index is 12.7. The minimum absolute atomic E-state index is 0. The minimum atomic E-state index is -4.80. The molecule has 0 aliphatic carbocycles. The van der Waals surface area contributed by atoms with Gasteiger partial charge in [-0.15, -0.1) is 25.6 Å². The predicted molar refractivity (Wildman–Crippen MR) is 112 cm³/mol. The Morgan fingerprint density at radius 2 is 1.67 bits per heavy atom. The lowest BCUT2D eigenvalue weighted by Crippen LogP contribution is -2.27. The largest absolute Gasteiger partial charge is 0.573 e. The fourth-order valence-corrected chi connectivity index (χ4v) is 4.50. The van der Waals surface area contributed by atoms with Gasteiger partial charge in [-0.2, -0.15) is 0 Å². The quantitative estimate of drug-likeness (QED) is 0.677. The summed E-state index contributed by atoms with van der Waals surface area (Å²) in [4.78, 5) is 2.51. The van der Waals surface area contributed by atoms with E-state index in [9.17, 15) is 21.6 Å². The van der Waals surface area contributed by atoms with Crippen molar-refractivity contribution in [2.75, 3.05) is 24.4 Å². The first-order valence-corrected chi connectivity index (χ1v) is 10.9. The molecule has 2 aromatic carbocycles. The number of halogens is 4. The molecule has 0 saturated carbocycles. The van der Waals surface area contributed by atoms with E-state index in [-0.39, 0.29) is 23.0 Å². The van der Waals surface area contributed by atoms with Gasteiger partial charge in [-0.05, 0) is 73.3 Å². The van der Waals surface area contributed by atoms with E-state index in [0.717, 1.165) is 62.2 Å². The normalized spacial score (nSPS) is 14.9. The van der Waals surface area contributed by atoms with Crippen molar-refractivity contribution in [1.29, 1.82) is 0 Å². The molecular formula is C20H24ClF3N2O3S. The van der Waals surface area contributed by atoms with Crippen LogP contribution in [0.25, 0.3) is 0 Å². The number of nitrogens with zero attached hydrogens (tertiary/aromatic N) is 1. The molecule has 3 rings (SSSR count). The van der Waals surface area contributed by atoms with Crippen molar-refractivity contribution in [2.45, 2.75) is 37.4 Å². The zero-order chi connectivity index (χ0) is 21.1. The maximum absolute atomic E-state index is 12.7. The third-order valence-corrected chi connectivity index (χ3v) is 6.14. The summed E-state index contributed by atoms with van der Waals surface area (Å²) in [5, 5.41) is 0. The minimum Gasteiger partial charge on any atom is -0.406 e. The van der Waals surface area contributed by atoms with E-state index < -0.39 is 22.1 Å². The van der Waals surface area contributed by atoms with Crippen molar-refractivity contribution >= 4 is 28.1 Å². The van der Waals surface area contributed by atoms with Gasteiger partial charge in [-0.3, -0.25) is 4.72 Å². The molecule has 1 aliphatic rings. The second-order valence-electron chi connectivity index (χ2n) is 6.95. The number of nitrogens with one attached hydrogen (secondary N) is 1. The van der Waals surface area contributed by atoms with Crippen LogP contribution in [0.1, 0.15) is 24.5 Å². The molecule has 1 aliphatic heterocycles. The van der Waals surface area contributed by atoms with Crippen molar-refractivity contribution < 1.29 is 26.3 Å². The Morgan fingerprint density at radius 3 is 2.27 bits per heavy atom. The first-order chi connectivity index (χ1) is 13.7. The Labute approximate surface area is 180 Å². The summed E-state index contributed by atoms with van der Waals surface area (Å²) in [7, 11) is -3.86. The van der Waals surface area contributed by atoms with Crippen LogP contribution in [0.3, 0.4) is 0 Å². The van der Waals surface area contributed by atoms with Crippen LogP contribution in [0, 0.1) is 0 Å². The fourth-order valence-electron chi connectivity index (χ4n) is 3.39. The molecule has 2 aromatic rings. The van der Waals surface area contributed by atoms with Gasteiger partial charge in [0.2, 0.25) is 0 Å². The summed E-state index contributed by atoms with van der Waals surface area (Å²) in [5.41, 5.74) is 2.32. The predicted octanol–water partition coefficient (Wildman–Crippen LogP) is 4.62. The number of anilines is 1. The van der Waals surface area contributed by atoms with Gasteiger partial charge in [0.1, 0.15) is 5.75 Å². The van der Waals surface area contributed by atoms with Crippen LogP contribution in [0.4, 0.5) is 18.9 Å². The number of hydrogen-bond donors (Lipinski definition) is 1. The fraction of sp³-hybridized carbons (Fsp3) is 0.400. The van der Waals surface area contributed by atoms with E-state index >= 15 is 0 Å². The molecule has 0 unspecified atom stereocenters. The Kier molecular flexibility index (Phi) is 8.01. The lowest BCUT2D eigenvalue weighted by atomic mass is 10.0. The standard InChI is InChI=1S/C20H23F3N2O3S.ClH/c1-2-11-25-12-9-15-3-8-19(14-16(15)10-13-25)29(26,27)24-17-4-6-18(7-5-17)28-20(21,22)23;/h3-8,14,24H,2,9-13H2,1H3;1H. The Hall–Kier alpha value is -1.97. The molecule has 166 valence electrons. The van der Waals surface area contributed by atoms with Crippen LogP contribution in [0.2, 0.25) is 0 Å². The van der Waals surface area contributed by atoms with Gasteiger partial charge in [-0.1, -0.05) is 13.0 Å². The highest BCUT2D eigenvalue weighted by atomic mass is 35.5. The second kappa shape index (κ2) is 9.89. The lowest BCUT2D eigenvalue weighted by molar-refractivity contribution is -0.274. The molecule has 0 radical (unpaired) electrons. The van der Waals surface area contributed by atoms with Gasteiger partial charge in [0, 0.05) is 18.8 Å². The molecule has 0 atom stereocenters. The molecule has 0 fully saturated rings. The molecule has 30 heavy (non-hydrogen) atoms. The number of benzene rings is 2.